The second-order valence-electron chi connectivity index (χ2n) is 9.66. The smallest absolute Gasteiger partial charge is 0.379 e. The summed E-state index contributed by atoms with van der Waals surface area (Å²) in [5, 5.41) is 0. The highest BCUT2D eigenvalue weighted by Gasteiger charge is 2.37. The summed E-state index contributed by atoms with van der Waals surface area (Å²) in [5.74, 6) is -1.29. The number of nitrogens with zero attached hydrogens (tertiary/aromatic N) is 3. The van der Waals surface area contributed by atoms with E-state index >= 15 is 0 Å². The topological polar surface area (TPSA) is 120 Å². The molecular formula is C32H25N3O7S. The summed E-state index contributed by atoms with van der Waals surface area (Å²) >= 11 is 1.09. The lowest BCUT2D eigenvalue weighted by Gasteiger charge is -2.24. The van der Waals surface area contributed by atoms with Crippen LogP contribution >= 0.6 is 11.3 Å². The van der Waals surface area contributed by atoms with Crippen LogP contribution in [0.3, 0.4) is 0 Å². The van der Waals surface area contributed by atoms with Crippen LogP contribution in [-0.2, 0) is 14.3 Å². The quantitative estimate of drug-likeness (QED) is 0.182. The van der Waals surface area contributed by atoms with Crippen molar-refractivity contribution in [1.29, 1.82) is 0 Å². The fourth-order valence-electron chi connectivity index (χ4n) is 5.24. The van der Waals surface area contributed by atoms with Gasteiger partial charge >= 0.3 is 11.9 Å². The highest BCUT2D eigenvalue weighted by Crippen LogP contribution is 2.36. The molecule has 4 aromatic rings. The molecule has 0 saturated carbocycles. The minimum atomic E-state index is -0.907. The lowest BCUT2D eigenvalue weighted by atomic mass is 9.96. The van der Waals surface area contributed by atoms with Crippen molar-refractivity contribution in [3.8, 4) is 5.75 Å². The third-order valence-electron chi connectivity index (χ3n) is 7.08. The number of esters is 2. The maximum Gasteiger partial charge on any atom is 0.379 e. The van der Waals surface area contributed by atoms with Gasteiger partial charge in [0.1, 0.15) is 10.3 Å². The second kappa shape index (κ2) is 11.2. The van der Waals surface area contributed by atoms with E-state index in [0.717, 1.165) is 11.3 Å². The predicted octanol–water partition coefficient (Wildman–Crippen LogP) is 3.51. The summed E-state index contributed by atoms with van der Waals surface area (Å²) in [4.78, 5) is 60.0. The van der Waals surface area contributed by atoms with E-state index in [1.165, 1.54) is 16.9 Å². The van der Waals surface area contributed by atoms with Gasteiger partial charge in [-0.25, -0.2) is 14.6 Å². The number of aromatic nitrogens is 1. The van der Waals surface area contributed by atoms with Crippen molar-refractivity contribution in [1.82, 2.24) is 4.57 Å². The molecule has 11 heteroatoms. The van der Waals surface area contributed by atoms with Crippen LogP contribution in [0.15, 0.2) is 105 Å². The molecule has 0 bridgehead atoms. The summed E-state index contributed by atoms with van der Waals surface area (Å²) in [6.45, 7) is 7.55. The number of fused-ring (bicyclic) bond motifs is 2. The molecule has 216 valence electrons. The zero-order valence-electron chi connectivity index (χ0n) is 23.2. The zero-order valence-corrected chi connectivity index (χ0v) is 24.1. The Labute approximate surface area is 249 Å². The first-order valence-electron chi connectivity index (χ1n) is 13.4. The van der Waals surface area contributed by atoms with E-state index in [1.807, 2.05) is 18.2 Å². The highest BCUT2D eigenvalue weighted by molar-refractivity contribution is 7.07. The molecule has 0 spiro atoms. The Hall–Kier alpha value is -5.29. The van der Waals surface area contributed by atoms with Crippen LogP contribution in [0.1, 0.15) is 41.6 Å². The number of carbonyl (C=O) groups is 3. The zero-order chi connectivity index (χ0) is 30.2. The van der Waals surface area contributed by atoms with Gasteiger partial charge in [-0.2, -0.15) is 0 Å². The molecule has 2 aliphatic heterocycles. The van der Waals surface area contributed by atoms with Crippen LogP contribution in [0, 0.1) is 0 Å². The molecule has 0 aliphatic carbocycles. The van der Waals surface area contributed by atoms with Crippen molar-refractivity contribution in [2.75, 3.05) is 18.1 Å². The number of anilines is 1. The van der Waals surface area contributed by atoms with Gasteiger partial charge in [-0.3, -0.25) is 14.2 Å². The second-order valence-corrected chi connectivity index (χ2v) is 10.6. The van der Waals surface area contributed by atoms with E-state index in [0.29, 0.717) is 27.3 Å². The monoisotopic (exact) mass is 595 g/mol. The Morgan fingerprint density at radius 3 is 2.53 bits per heavy atom. The molecule has 2 aliphatic rings. The van der Waals surface area contributed by atoms with E-state index in [9.17, 15) is 19.2 Å². The molecule has 10 nitrogen and oxygen atoms in total. The van der Waals surface area contributed by atoms with Gasteiger partial charge in [0.2, 0.25) is 5.76 Å². The average Bonchev–Trinajstić information content (AvgIpc) is 3.71. The number of benzene rings is 2. The predicted molar refractivity (Wildman–Crippen MR) is 158 cm³/mol. The highest BCUT2D eigenvalue weighted by atomic mass is 32.1. The Morgan fingerprint density at radius 2 is 1.84 bits per heavy atom. The summed E-state index contributed by atoms with van der Waals surface area (Å²) in [7, 11) is 0. The van der Waals surface area contributed by atoms with Gasteiger partial charge in [-0.1, -0.05) is 47.7 Å². The molecule has 0 radical (unpaired) electrons. The minimum Gasteiger partial charge on any atom is -0.463 e. The molecule has 1 amide bonds. The van der Waals surface area contributed by atoms with Crippen molar-refractivity contribution < 1.29 is 28.3 Å². The first-order chi connectivity index (χ1) is 20.8. The Morgan fingerprint density at radius 1 is 1.07 bits per heavy atom. The van der Waals surface area contributed by atoms with Gasteiger partial charge in [0.05, 0.1) is 41.4 Å². The van der Waals surface area contributed by atoms with Crippen LogP contribution in [0.4, 0.5) is 5.69 Å². The SMILES string of the molecule is C=CCN1C(=O)/C(=c2\sc3n(c2=O)C(c2ccc(OC(=O)c4ccco4)cc2)C(C(=O)OCC)=C(C)N=3)c2ccccc21. The van der Waals surface area contributed by atoms with Crippen molar-refractivity contribution in [2.45, 2.75) is 19.9 Å². The van der Waals surface area contributed by atoms with Crippen molar-refractivity contribution in [3.63, 3.8) is 0 Å². The summed E-state index contributed by atoms with van der Waals surface area (Å²) < 4.78 is 17.5. The normalized spacial score (nSPS) is 16.8. The van der Waals surface area contributed by atoms with Gasteiger partial charge in [-0.15, -0.1) is 6.58 Å². The molecule has 43 heavy (non-hydrogen) atoms. The number of furan rings is 1. The number of hydrogen-bond donors (Lipinski definition) is 0. The number of rotatable bonds is 7. The summed E-state index contributed by atoms with van der Waals surface area (Å²) in [6.07, 6.45) is 3.00. The Kier molecular flexibility index (Phi) is 7.24. The molecule has 0 N–H and O–H groups in total. The van der Waals surface area contributed by atoms with Gasteiger partial charge < -0.3 is 18.8 Å². The first-order valence-corrected chi connectivity index (χ1v) is 14.3. The van der Waals surface area contributed by atoms with Crippen LogP contribution in [0.5, 0.6) is 5.75 Å². The molecule has 2 aromatic heterocycles. The van der Waals surface area contributed by atoms with Crippen molar-refractivity contribution in [3.05, 3.63) is 127 Å². The van der Waals surface area contributed by atoms with Gasteiger partial charge in [0.25, 0.3) is 11.5 Å². The number of carbonyl (C=O) groups excluding carboxylic acids is 3. The van der Waals surface area contributed by atoms with Crippen molar-refractivity contribution >= 4 is 40.4 Å². The van der Waals surface area contributed by atoms with Crippen LogP contribution < -0.4 is 24.5 Å². The average molecular weight is 596 g/mol. The number of para-hydroxylation sites is 1. The third kappa shape index (κ3) is 4.73. The van der Waals surface area contributed by atoms with Crippen LogP contribution in [0.25, 0.3) is 5.57 Å². The van der Waals surface area contributed by atoms with Crippen LogP contribution in [-0.4, -0.2) is 35.6 Å². The number of hydrogen-bond acceptors (Lipinski definition) is 9. The van der Waals surface area contributed by atoms with Crippen molar-refractivity contribution in [2.24, 2.45) is 4.99 Å². The summed E-state index contributed by atoms with van der Waals surface area (Å²) in [6, 6.07) is 15.9. The number of ether oxygens (including phenoxy) is 2. The third-order valence-corrected chi connectivity index (χ3v) is 8.14. The van der Waals surface area contributed by atoms with Gasteiger partial charge in [-0.05, 0) is 49.7 Å². The molecule has 0 fully saturated rings. The number of allylic oxidation sites excluding steroid dienone is 1. The first kappa shape index (κ1) is 27.9. The fraction of sp³-hybridized carbons (Fsp3) is 0.156. The molecule has 0 saturated heterocycles. The Bertz CT molecular complexity index is 2000. The molecule has 1 atom stereocenters. The van der Waals surface area contributed by atoms with Crippen LogP contribution in [0.2, 0.25) is 0 Å². The standard InChI is InChI=1S/C32H25N3O7S/c1-4-16-34-22-10-7-6-9-21(22)25(28(34)36)27-29(37)35-26(24(31(39)40-5-2)18(3)33-32(35)43-27)19-12-14-20(15-13-19)42-30(38)23-11-8-17-41-23/h4,6-15,17,26H,1,5,16H2,2-3H3/b27-25-. The lowest BCUT2D eigenvalue weighted by Crippen LogP contribution is -2.41. The summed E-state index contributed by atoms with van der Waals surface area (Å²) in [5.41, 5.74) is 2.28. The molecule has 4 heterocycles. The van der Waals surface area contributed by atoms with Gasteiger partial charge in [0.15, 0.2) is 4.80 Å². The minimum absolute atomic E-state index is 0.0512. The van der Waals surface area contributed by atoms with E-state index < -0.39 is 23.5 Å². The van der Waals surface area contributed by atoms with Gasteiger partial charge in [0, 0.05) is 12.1 Å². The van der Waals surface area contributed by atoms with E-state index in [1.54, 1.807) is 61.2 Å². The molecule has 1 unspecified atom stereocenters. The number of thiazole rings is 1. The Balaban J connectivity index is 1.51. The maximum atomic E-state index is 14.2. The number of amides is 1. The molecular weight excluding hydrogens is 570 g/mol. The van der Waals surface area contributed by atoms with E-state index in [-0.39, 0.29) is 46.2 Å². The van der Waals surface area contributed by atoms with E-state index in [2.05, 4.69) is 11.6 Å². The molecule has 2 aromatic carbocycles. The largest absolute Gasteiger partial charge is 0.463 e. The fourth-order valence-corrected chi connectivity index (χ4v) is 6.37. The van der Waals surface area contributed by atoms with E-state index in [4.69, 9.17) is 13.9 Å². The molecule has 6 rings (SSSR count). The maximum absolute atomic E-state index is 14.2. The lowest BCUT2D eigenvalue weighted by molar-refractivity contribution is -0.139.